The summed E-state index contributed by atoms with van der Waals surface area (Å²) in [7, 11) is 3.27. The molecule has 7 rings (SSSR count). The summed E-state index contributed by atoms with van der Waals surface area (Å²) in [5.74, 6) is 3.69. The van der Waals surface area contributed by atoms with Gasteiger partial charge in [0.05, 0.1) is 19.8 Å². The van der Waals surface area contributed by atoms with E-state index in [9.17, 15) is 0 Å². The van der Waals surface area contributed by atoms with Crippen LogP contribution < -0.4 is 18.9 Å². The van der Waals surface area contributed by atoms with Crippen molar-refractivity contribution in [3.05, 3.63) is 113 Å². The zero-order chi connectivity index (χ0) is 27.2. The fourth-order valence-corrected chi connectivity index (χ4v) is 5.39. The number of fused-ring (bicyclic) bond motifs is 6. The van der Waals surface area contributed by atoms with Crippen LogP contribution >= 0.6 is 0 Å². The summed E-state index contributed by atoms with van der Waals surface area (Å²) in [6.45, 7) is 2.24. The van der Waals surface area contributed by atoms with E-state index >= 15 is 0 Å². The van der Waals surface area contributed by atoms with Crippen LogP contribution in [0.2, 0.25) is 0 Å². The number of hydrogen-bond acceptors (Lipinski definition) is 7. The Kier molecular flexibility index (Phi) is 5.73. The summed E-state index contributed by atoms with van der Waals surface area (Å²) < 4.78 is 25.5. The first kappa shape index (κ1) is 24.0. The van der Waals surface area contributed by atoms with Gasteiger partial charge in [-0.05, 0) is 41.6 Å². The standard InChI is InChI=1S/C32H26N4O4/c1-19-8-4-7-11-24(19)39-17-27-34-31-29-28(21-13-15-25(37-2)26(16-21)38-3)23-14-12-20-9-5-6-10-22(20)30(23)40-32(29)33-18-36(31)35-27/h4-16,18,28H,17H2,1-3H3/t28-/m1/s1. The summed E-state index contributed by atoms with van der Waals surface area (Å²) in [5, 5.41) is 6.79. The maximum absolute atomic E-state index is 6.53. The highest BCUT2D eigenvalue weighted by Crippen LogP contribution is 2.51. The van der Waals surface area contributed by atoms with Crippen LogP contribution in [0.5, 0.6) is 28.9 Å². The van der Waals surface area contributed by atoms with Gasteiger partial charge in [0.1, 0.15) is 24.4 Å². The Morgan fingerprint density at radius 3 is 2.55 bits per heavy atom. The number of benzene rings is 4. The highest BCUT2D eigenvalue weighted by atomic mass is 16.5. The third-order valence-corrected chi connectivity index (χ3v) is 7.33. The van der Waals surface area contributed by atoms with Crippen LogP contribution in [0.15, 0.2) is 85.2 Å². The molecule has 1 atom stereocenters. The predicted molar refractivity (Wildman–Crippen MR) is 151 cm³/mol. The highest BCUT2D eigenvalue weighted by Gasteiger charge is 2.34. The molecule has 8 nitrogen and oxygen atoms in total. The molecule has 1 aliphatic heterocycles. The second kappa shape index (κ2) is 9.57. The minimum atomic E-state index is -0.242. The minimum Gasteiger partial charge on any atom is -0.493 e. The van der Waals surface area contributed by atoms with E-state index < -0.39 is 0 Å². The summed E-state index contributed by atoms with van der Waals surface area (Å²) in [6.07, 6.45) is 1.64. The van der Waals surface area contributed by atoms with Crippen molar-refractivity contribution >= 4 is 16.4 Å². The normalized spacial score (nSPS) is 13.9. The third-order valence-electron chi connectivity index (χ3n) is 7.33. The van der Waals surface area contributed by atoms with Crippen LogP contribution in [-0.2, 0) is 6.61 Å². The zero-order valence-electron chi connectivity index (χ0n) is 22.3. The van der Waals surface area contributed by atoms with Gasteiger partial charge < -0.3 is 18.9 Å². The second-order valence-electron chi connectivity index (χ2n) is 9.67. The molecule has 0 bridgehead atoms. The summed E-state index contributed by atoms with van der Waals surface area (Å²) in [5.41, 5.74) is 4.54. The van der Waals surface area contributed by atoms with Gasteiger partial charge in [0, 0.05) is 16.9 Å². The van der Waals surface area contributed by atoms with E-state index in [1.807, 2.05) is 61.5 Å². The van der Waals surface area contributed by atoms with Gasteiger partial charge >= 0.3 is 0 Å². The number of aryl methyl sites for hydroxylation is 1. The number of para-hydroxylation sites is 1. The highest BCUT2D eigenvalue weighted by molar-refractivity contribution is 5.91. The van der Waals surface area contributed by atoms with Crippen molar-refractivity contribution < 1.29 is 18.9 Å². The van der Waals surface area contributed by atoms with Crippen molar-refractivity contribution in [3.63, 3.8) is 0 Å². The Balaban J connectivity index is 1.40. The monoisotopic (exact) mass is 530 g/mol. The number of methoxy groups -OCH3 is 2. The van der Waals surface area contributed by atoms with Gasteiger partial charge in [0.25, 0.3) is 0 Å². The lowest BCUT2D eigenvalue weighted by atomic mass is 9.82. The predicted octanol–water partition coefficient (Wildman–Crippen LogP) is 6.47. The maximum atomic E-state index is 6.53. The molecule has 0 radical (unpaired) electrons. The molecule has 0 fully saturated rings. The first-order valence-electron chi connectivity index (χ1n) is 13.0. The van der Waals surface area contributed by atoms with Crippen LogP contribution in [0.4, 0.5) is 0 Å². The molecule has 4 aromatic carbocycles. The van der Waals surface area contributed by atoms with Crippen LogP contribution in [-0.4, -0.2) is 33.8 Å². The molecule has 6 aromatic rings. The first-order chi connectivity index (χ1) is 19.6. The van der Waals surface area contributed by atoms with E-state index in [1.165, 1.54) is 0 Å². The lowest BCUT2D eigenvalue weighted by molar-refractivity contribution is 0.294. The van der Waals surface area contributed by atoms with Gasteiger partial charge in [-0.1, -0.05) is 60.7 Å². The zero-order valence-corrected chi connectivity index (χ0v) is 22.3. The van der Waals surface area contributed by atoms with Crippen LogP contribution in [0.1, 0.15) is 34.0 Å². The molecule has 40 heavy (non-hydrogen) atoms. The minimum absolute atomic E-state index is 0.227. The van der Waals surface area contributed by atoms with Crippen molar-refractivity contribution in [2.45, 2.75) is 19.4 Å². The van der Waals surface area contributed by atoms with Gasteiger partial charge in [0.2, 0.25) is 5.88 Å². The van der Waals surface area contributed by atoms with E-state index in [0.29, 0.717) is 28.9 Å². The molecule has 0 spiro atoms. The van der Waals surface area contributed by atoms with Gasteiger partial charge in [0.15, 0.2) is 23.0 Å². The Hall–Kier alpha value is -5.11. The lowest BCUT2D eigenvalue weighted by Gasteiger charge is -2.29. The molecule has 2 aromatic heterocycles. The molecule has 0 aliphatic carbocycles. The molecule has 3 heterocycles. The number of aromatic nitrogens is 4. The van der Waals surface area contributed by atoms with Crippen LogP contribution in [0, 0.1) is 6.92 Å². The average molecular weight is 531 g/mol. The molecule has 0 unspecified atom stereocenters. The van der Waals surface area contributed by atoms with Crippen molar-refractivity contribution in [1.82, 2.24) is 19.6 Å². The van der Waals surface area contributed by atoms with Crippen molar-refractivity contribution in [1.29, 1.82) is 0 Å². The summed E-state index contributed by atoms with van der Waals surface area (Å²) in [4.78, 5) is 9.60. The average Bonchev–Trinajstić information content (AvgIpc) is 3.42. The van der Waals surface area contributed by atoms with E-state index in [-0.39, 0.29) is 12.5 Å². The van der Waals surface area contributed by atoms with Crippen LogP contribution in [0.25, 0.3) is 16.4 Å². The Labute approximate surface area is 230 Å². The SMILES string of the molecule is COc1ccc([C@@H]2c3ccc4ccccc4c3Oc3ncn4nc(COc5ccccc5C)nc4c32)cc1OC. The van der Waals surface area contributed by atoms with E-state index in [1.54, 1.807) is 25.1 Å². The number of hydrogen-bond donors (Lipinski definition) is 0. The number of nitrogens with zero attached hydrogens (tertiary/aromatic N) is 4. The number of ether oxygens (including phenoxy) is 4. The molecule has 0 saturated carbocycles. The Morgan fingerprint density at radius 2 is 1.70 bits per heavy atom. The molecule has 0 saturated heterocycles. The van der Waals surface area contributed by atoms with E-state index in [0.717, 1.165) is 44.5 Å². The fraction of sp³-hybridized carbons (Fsp3) is 0.156. The molecule has 198 valence electrons. The van der Waals surface area contributed by atoms with E-state index in [4.69, 9.17) is 28.9 Å². The lowest BCUT2D eigenvalue weighted by Crippen LogP contribution is -2.15. The fourth-order valence-electron chi connectivity index (χ4n) is 5.39. The smallest absolute Gasteiger partial charge is 0.228 e. The van der Waals surface area contributed by atoms with Gasteiger partial charge in [-0.3, -0.25) is 0 Å². The Morgan fingerprint density at radius 1 is 0.875 bits per heavy atom. The third kappa shape index (κ3) is 3.88. The Bertz CT molecular complexity index is 1900. The largest absolute Gasteiger partial charge is 0.493 e. The quantitative estimate of drug-likeness (QED) is 0.244. The van der Waals surface area contributed by atoms with Gasteiger partial charge in [-0.15, -0.1) is 5.10 Å². The molecular weight excluding hydrogens is 504 g/mol. The second-order valence-corrected chi connectivity index (χ2v) is 9.67. The molecular formula is C32H26N4O4. The summed E-state index contributed by atoms with van der Waals surface area (Å²) >= 11 is 0. The molecule has 0 amide bonds. The van der Waals surface area contributed by atoms with Crippen molar-refractivity contribution in [2.24, 2.45) is 0 Å². The van der Waals surface area contributed by atoms with E-state index in [2.05, 4.69) is 29.4 Å². The topological polar surface area (TPSA) is 80.0 Å². The van der Waals surface area contributed by atoms with Gasteiger partial charge in [-0.2, -0.15) is 0 Å². The molecule has 0 N–H and O–H groups in total. The van der Waals surface area contributed by atoms with Gasteiger partial charge in [-0.25, -0.2) is 14.5 Å². The van der Waals surface area contributed by atoms with Crippen molar-refractivity contribution in [2.75, 3.05) is 14.2 Å². The van der Waals surface area contributed by atoms with Crippen molar-refractivity contribution in [3.8, 4) is 28.9 Å². The number of rotatable bonds is 6. The first-order valence-corrected chi connectivity index (χ1v) is 13.0. The van der Waals surface area contributed by atoms with Crippen LogP contribution in [0.3, 0.4) is 0 Å². The molecule has 8 heteroatoms. The maximum Gasteiger partial charge on any atom is 0.228 e. The summed E-state index contributed by atoms with van der Waals surface area (Å²) in [6, 6.07) is 26.3. The molecule has 1 aliphatic rings.